The molecule has 4 nitrogen and oxygen atoms in total. The zero-order chi connectivity index (χ0) is 15.2. The van der Waals surface area contributed by atoms with E-state index in [1.165, 1.54) is 0 Å². The van der Waals surface area contributed by atoms with Gasteiger partial charge in [-0.1, -0.05) is 36.4 Å². The molecule has 22 heavy (non-hydrogen) atoms. The molecule has 0 aliphatic carbocycles. The summed E-state index contributed by atoms with van der Waals surface area (Å²) in [5.74, 6) is 0.726. The third-order valence-corrected chi connectivity index (χ3v) is 3.12. The predicted octanol–water partition coefficient (Wildman–Crippen LogP) is 5.22. The van der Waals surface area contributed by atoms with E-state index in [4.69, 9.17) is 4.84 Å². The standard InChI is InChI=1S/C18H14N2O2/c21-19-15-11-13-17(14-12-15)20(16-7-3-1-4-8-16)22-18-9-5-2-6-10-18/h1-14H. The fourth-order valence-electron chi connectivity index (χ4n) is 2.05. The van der Waals surface area contributed by atoms with Crippen molar-refractivity contribution in [2.75, 3.05) is 5.06 Å². The third-order valence-electron chi connectivity index (χ3n) is 3.12. The SMILES string of the molecule is O=Nc1ccc(N(Oc2ccccc2)c2ccccc2)cc1. The van der Waals surface area contributed by atoms with Gasteiger partial charge in [0.1, 0.15) is 5.69 Å². The molecule has 0 fully saturated rings. The van der Waals surface area contributed by atoms with E-state index >= 15 is 0 Å². The highest BCUT2D eigenvalue weighted by molar-refractivity contribution is 5.63. The van der Waals surface area contributed by atoms with Crippen LogP contribution in [0, 0.1) is 4.91 Å². The number of hydrogen-bond donors (Lipinski definition) is 0. The van der Waals surface area contributed by atoms with Crippen LogP contribution in [0.3, 0.4) is 0 Å². The van der Waals surface area contributed by atoms with Crippen molar-refractivity contribution in [3.05, 3.63) is 89.8 Å². The second-order valence-corrected chi connectivity index (χ2v) is 4.64. The molecule has 0 atom stereocenters. The van der Waals surface area contributed by atoms with Gasteiger partial charge in [-0.2, -0.15) is 5.06 Å². The second kappa shape index (κ2) is 6.54. The van der Waals surface area contributed by atoms with Crippen molar-refractivity contribution in [1.29, 1.82) is 0 Å². The molecule has 0 unspecified atom stereocenters. The van der Waals surface area contributed by atoms with Crippen LogP contribution in [0.25, 0.3) is 0 Å². The molecule has 108 valence electrons. The number of nitroso groups, excluding NO2 is 1. The van der Waals surface area contributed by atoms with Gasteiger partial charge in [-0.15, -0.1) is 4.91 Å². The van der Waals surface area contributed by atoms with Gasteiger partial charge in [0, 0.05) is 0 Å². The maximum absolute atomic E-state index is 10.6. The Morgan fingerprint density at radius 3 is 1.82 bits per heavy atom. The lowest BCUT2D eigenvalue weighted by Gasteiger charge is -2.24. The normalized spacial score (nSPS) is 10.0. The zero-order valence-electron chi connectivity index (χ0n) is 11.8. The average molecular weight is 290 g/mol. The highest BCUT2D eigenvalue weighted by atomic mass is 16.7. The van der Waals surface area contributed by atoms with Crippen molar-refractivity contribution in [2.24, 2.45) is 5.18 Å². The van der Waals surface area contributed by atoms with Gasteiger partial charge in [0.25, 0.3) is 0 Å². The number of anilines is 2. The molecule has 0 bridgehead atoms. The molecule has 0 aromatic heterocycles. The fraction of sp³-hybridized carbons (Fsp3) is 0. The lowest BCUT2D eigenvalue weighted by molar-refractivity contribution is 0.324. The Kier molecular flexibility index (Phi) is 4.11. The first-order valence-electron chi connectivity index (χ1n) is 6.88. The van der Waals surface area contributed by atoms with Crippen LogP contribution in [0.4, 0.5) is 17.1 Å². The fourth-order valence-corrected chi connectivity index (χ4v) is 2.05. The Morgan fingerprint density at radius 1 is 0.682 bits per heavy atom. The molecule has 0 radical (unpaired) electrons. The van der Waals surface area contributed by atoms with Crippen molar-refractivity contribution in [3.8, 4) is 5.75 Å². The minimum atomic E-state index is 0.386. The Hall–Kier alpha value is -3.14. The van der Waals surface area contributed by atoms with Gasteiger partial charge >= 0.3 is 0 Å². The third kappa shape index (κ3) is 3.12. The molecule has 0 amide bonds. The summed E-state index contributed by atoms with van der Waals surface area (Å²) in [5, 5.41) is 4.63. The van der Waals surface area contributed by atoms with Gasteiger partial charge in [-0.05, 0) is 53.7 Å². The Labute approximate surface area is 128 Å². The van der Waals surface area contributed by atoms with Gasteiger partial charge in [0.15, 0.2) is 5.75 Å². The lowest BCUT2D eigenvalue weighted by Crippen LogP contribution is -2.21. The Bertz CT molecular complexity index is 728. The molecule has 0 aliphatic rings. The smallest absolute Gasteiger partial charge is 0.155 e. The second-order valence-electron chi connectivity index (χ2n) is 4.64. The molecule has 3 aromatic carbocycles. The van der Waals surface area contributed by atoms with E-state index in [1.807, 2.05) is 60.7 Å². The summed E-state index contributed by atoms with van der Waals surface area (Å²) in [7, 11) is 0. The van der Waals surface area contributed by atoms with E-state index in [9.17, 15) is 4.91 Å². The van der Waals surface area contributed by atoms with E-state index in [0.29, 0.717) is 5.69 Å². The number of para-hydroxylation sites is 2. The van der Waals surface area contributed by atoms with Gasteiger partial charge < -0.3 is 4.84 Å². The summed E-state index contributed by atoms with van der Waals surface area (Å²) in [6, 6.07) is 26.2. The minimum Gasteiger partial charge on any atom is -0.375 e. The van der Waals surface area contributed by atoms with Crippen LogP contribution in [0.1, 0.15) is 0 Å². The first-order valence-corrected chi connectivity index (χ1v) is 6.88. The Morgan fingerprint density at radius 2 is 1.23 bits per heavy atom. The molecule has 0 N–H and O–H groups in total. The highest BCUT2D eigenvalue weighted by Gasteiger charge is 2.11. The summed E-state index contributed by atoms with van der Waals surface area (Å²) in [6.07, 6.45) is 0. The van der Waals surface area contributed by atoms with Crippen LogP contribution in [-0.2, 0) is 0 Å². The van der Waals surface area contributed by atoms with Crippen molar-refractivity contribution in [2.45, 2.75) is 0 Å². The molecule has 0 aliphatic heterocycles. The van der Waals surface area contributed by atoms with E-state index < -0.39 is 0 Å². The number of nitrogens with zero attached hydrogens (tertiary/aromatic N) is 2. The highest BCUT2D eigenvalue weighted by Crippen LogP contribution is 2.28. The molecule has 4 heteroatoms. The molecule has 0 spiro atoms. The van der Waals surface area contributed by atoms with Crippen molar-refractivity contribution < 1.29 is 4.84 Å². The van der Waals surface area contributed by atoms with E-state index in [0.717, 1.165) is 17.1 Å². The van der Waals surface area contributed by atoms with Crippen LogP contribution < -0.4 is 9.90 Å². The number of hydrogen-bond acceptors (Lipinski definition) is 4. The largest absolute Gasteiger partial charge is 0.375 e. The molecule has 0 heterocycles. The first kappa shape index (κ1) is 13.8. The number of benzene rings is 3. The molecular weight excluding hydrogens is 276 g/mol. The summed E-state index contributed by atoms with van der Waals surface area (Å²) < 4.78 is 0. The maximum Gasteiger partial charge on any atom is 0.155 e. The van der Waals surface area contributed by atoms with Gasteiger partial charge in [-0.25, -0.2) is 0 Å². The first-order chi connectivity index (χ1) is 10.9. The van der Waals surface area contributed by atoms with E-state index in [-0.39, 0.29) is 0 Å². The summed E-state index contributed by atoms with van der Waals surface area (Å²) in [5.41, 5.74) is 2.08. The van der Waals surface area contributed by atoms with Crippen molar-refractivity contribution in [1.82, 2.24) is 0 Å². The monoisotopic (exact) mass is 290 g/mol. The van der Waals surface area contributed by atoms with Crippen LogP contribution >= 0.6 is 0 Å². The zero-order valence-corrected chi connectivity index (χ0v) is 11.8. The molecule has 3 aromatic rings. The van der Waals surface area contributed by atoms with E-state index in [2.05, 4.69) is 5.18 Å². The van der Waals surface area contributed by atoms with Crippen LogP contribution in [-0.4, -0.2) is 0 Å². The molecular formula is C18H14N2O2. The molecule has 3 rings (SSSR count). The van der Waals surface area contributed by atoms with Gasteiger partial charge in [0.2, 0.25) is 0 Å². The quantitative estimate of drug-likeness (QED) is 0.478. The van der Waals surface area contributed by atoms with Crippen molar-refractivity contribution >= 4 is 17.1 Å². The molecule has 0 saturated carbocycles. The van der Waals surface area contributed by atoms with Crippen LogP contribution in [0.2, 0.25) is 0 Å². The summed E-state index contributed by atoms with van der Waals surface area (Å²) >= 11 is 0. The average Bonchev–Trinajstić information content (AvgIpc) is 2.61. The predicted molar refractivity (Wildman–Crippen MR) is 87.5 cm³/mol. The Balaban J connectivity index is 1.96. The maximum atomic E-state index is 10.6. The van der Waals surface area contributed by atoms with Crippen LogP contribution in [0.15, 0.2) is 90.1 Å². The number of rotatable bonds is 5. The van der Waals surface area contributed by atoms with E-state index in [1.54, 1.807) is 29.3 Å². The summed E-state index contributed by atoms with van der Waals surface area (Å²) in [4.78, 5) is 16.5. The lowest BCUT2D eigenvalue weighted by atomic mass is 10.2. The van der Waals surface area contributed by atoms with Crippen molar-refractivity contribution in [3.63, 3.8) is 0 Å². The van der Waals surface area contributed by atoms with Gasteiger partial charge in [-0.3, -0.25) is 0 Å². The van der Waals surface area contributed by atoms with Gasteiger partial charge in [0.05, 0.1) is 11.4 Å². The molecule has 0 saturated heterocycles. The topological polar surface area (TPSA) is 41.9 Å². The minimum absolute atomic E-state index is 0.386. The summed E-state index contributed by atoms with van der Waals surface area (Å²) in [6.45, 7) is 0. The van der Waals surface area contributed by atoms with Crippen LogP contribution in [0.5, 0.6) is 5.75 Å².